The maximum Gasteiger partial charge on any atom is 0.252 e. The number of nitrogens with zero attached hydrogens (tertiary/aromatic N) is 2. The SMILES string of the molecule is Cc1ccc(C(=O)N[C@H](c2noc(C)n2)c2ccccc2F)cc1. The third kappa shape index (κ3) is 3.32. The first-order valence-corrected chi connectivity index (χ1v) is 7.47. The number of hydrogen-bond donors (Lipinski definition) is 1. The van der Waals surface area contributed by atoms with E-state index in [0.717, 1.165) is 5.56 Å². The number of halogens is 1. The topological polar surface area (TPSA) is 68.0 Å². The van der Waals surface area contributed by atoms with E-state index in [2.05, 4.69) is 15.5 Å². The molecule has 1 amide bonds. The van der Waals surface area contributed by atoms with E-state index in [9.17, 15) is 9.18 Å². The van der Waals surface area contributed by atoms with Crippen molar-refractivity contribution in [1.82, 2.24) is 15.5 Å². The highest BCUT2D eigenvalue weighted by Gasteiger charge is 2.25. The average molecular weight is 325 g/mol. The molecule has 6 heteroatoms. The minimum atomic E-state index is -0.836. The largest absolute Gasteiger partial charge is 0.340 e. The highest BCUT2D eigenvalue weighted by atomic mass is 19.1. The normalized spacial score (nSPS) is 12.0. The molecule has 0 bridgehead atoms. The summed E-state index contributed by atoms with van der Waals surface area (Å²) in [6.07, 6.45) is 0. The Morgan fingerprint density at radius 3 is 2.46 bits per heavy atom. The second-order valence-electron chi connectivity index (χ2n) is 5.47. The Bertz CT molecular complexity index is 859. The van der Waals surface area contributed by atoms with Gasteiger partial charge in [0.05, 0.1) is 0 Å². The molecule has 1 atom stereocenters. The van der Waals surface area contributed by atoms with Gasteiger partial charge < -0.3 is 9.84 Å². The Kier molecular flexibility index (Phi) is 4.37. The van der Waals surface area contributed by atoms with E-state index in [1.54, 1.807) is 37.3 Å². The molecule has 1 heterocycles. The third-order valence-electron chi connectivity index (χ3n) is 3.61. The Hall–Kier alpha value is -3.02. The Balaban J connectivity index is 1.95. The molecule has 0 saturated carbocycles. The van der Waals surface area contributed by atoms with Crippen molar-refractivity contribution in [3.8, 4) is 0 Å². The van der Waals surface area contributed by atoms with E-state index in [1.807, 2.05) is 19.1 Å². The van der Waals surface area contributed by atoms with Gasteiger partial charge in [0.1, 0.15) is 11.9 Å². The molecule has 122 valence electrons. The van der Waals surface area contributed by atoms with Crippen LogP contribution in [0.25, 0.3) is 0 Å². The van der Waals surface area contributed by atoms with Gasteiger partial charge in [-0.15, -0.1) is 0 Å². The van der Waals surface area contributed by atoms with Crippen molar-refractivity contribution in [2.75, 3.05) is 0 Å². The van der Waals surface area contributed by atoms with E-state index >= 15 is 0 Å². The lowest BCUT2D eigenvalue weighted by atomic mass is 10.0. The molecule has 3 aromatic rings. The Labute approximate surface area is 138 Å². The molecule has 2 aromatic carbocycles. The number of rotatable bonds is 4. The van der Waals surface area contributed by atoms with Gasteiger partial charge in [-0.3, -0.25) is 4.79 Å². The lowest BCUT2D eigenvalue weighted by Crippen LogP contribution is -2.30. The minimum absolute atomic E-state index is 0.207. The Morgan fingerprint density at radius 2 is 1.83 bits per heavy atom. The number of aromatic nitrogens is 2. The number of carbonyl (C=O) groups is 1. The monoisotopic (exact) mass is 325 g/mol. The number of aryl methyl sites for hydroxylation is 2. The molecule has 0 aliphatic carbocycles. The number of carbonyl (C=O) groups excluding carboxylic acids is 1. The number of amides is 1. The van der Waals surface area contributed by atoms with E-state index in [1.165, 1.54) is 6.07 Å². The van der Waals surface area contributed by atoms with Crippen LogP contribution in [0.5, 0.6) is 0 Å². The van der Waals surface area contributed by atoms with Gasteiger partial charge in [-0.1, -0.05) is 41.1 Å². The molecule has 0 aliphatic rings. The molecule has 3 rings (SSSR count). The maximum atomic E-state index is 14.2. The standard InChI is InChI=1S/C18H16FN3O2/c1-11-7-9-13(10-8-11)18(23)21-16(17-20-12(2)24-22-17)14-5-3-4-6-15(14)19/h3-10,16H,1-2H3,(H,21,23)/t16-/m0/s1. The summed E-state index contributed by atoms with van der Waals surface area (Å²) < 4.78 is 19.2. The minimum Gasteiger partial charge on any atom is -0.340 e. The lowest BCUT2D eigenvalue weighted by molar-refractivity contribution is 0.0940. The van der Waals surface area contributed by atoms with Crippen LogP contribution in [-0.2, 0) is 0 Å². The summed E-state index contributed by atoms with van der Waals surface area (Å²) in [7, 11) is 0. The van der Waals surface area contributed by atoms with Crippen molar-refractivity contribution in [1.29, 1.82) is 0 Å². The Morgan fingerprint density at radius 1 is 1.12 bits per heavy atom. The van der Waals surface area contributed by atoms with Crippen LogP contribution in [0.15, 0.2) is 53.1 Å². The molecule has 0 aliphatic heterocycles. The quantitative estimate of drug-likeness (QED) is 0.799. The van der Waals surface area contributed by atoms with Gasteiger partial charge >= 0.3 is 0 Å². The first-order chi connectivity index (χ1) is 11.5. The molecule has 0 saturated heterocycles. The first kappa shape index (κ1) is 15.9. The number of hydrogen-bond acceptors (Lipinski definition) is 4. The van der Waals surface area contributed by atoms with Crippen LogP contribution in [0.2, 0.25) is 0 Å². The summed E-state index contributed by atoms with van der Waals surface area (Å²) in [5.41, 5.74) is 1.80. The van der Waals surface area contributed by atoms with Gasteiger partial charge in [-0.2, -0.15) is 4.98 Å². The van der Waals surface area contributed by atoms with Crippen LogP contribution in [0, 0.1) is 19.7 Å². The van der Waals surface area contributed by atoms with Crippen LogP contribution in [0.1, 0.15) is 39.2 Å². The van der Waals surface area contributed by atoms with E-state index in [4.69, 9.17) is 4.52 Å². The lowest BCUT2D eigenvalue weighted by Gasteiger charge is -2.16. The summed E-state index contributed by atoms with van der Waals surface area (Å²) in [6, 6.07) is 12.5. The van der Waals surface area contributed by atoms with Crippen molar-refractivity contribution in [3.05, 3.63) is 82.8 Å². The molecule has 0 radical (unpaired) electrons. The fourth-order valence-electron chi connectivity index (χ4n) is 2.34. The zero-order valence-electron chi connectivity index (χ0n) is 13.3. The third-order valence-corrected chi connectivity index (χ3v) is 3.61. The van der Waals surface area contributed by atoms with Crippen LogP contribution in [0.4, 0.5) is 4.39 Å². The fraction of sp³-hybridized carbons (Fsp3) is 0.167. The molecule has 0 fully saturated rings. The summed E-state index contributed by atoms with van der Waals surface area (Å²) in [5, 5.41) is 6.60. The van der Waals surface area contributed by atoms with Gasteiger partial charge in [0.15, 0.2) is 5.82 Å². The summed E-state index contributed by atoms with van der Waals surface area (Å²) in [5.74, 6) is -0.242. The van der Waals surface area contributed by atoms with E-state index < -0.39 is 11.9 Å². The summed E-state index contributed by atoms with van der Waals surface area (Å²) in [4.78, 5) is 16.6. The van der Waals surface area contributed by atoms with Gasteiger partial charge in [-0.25, -0.2) is 4.39 Å². The van der Waals surface area contributed by atoms with E-state index in [0.29, 0.717) is 11.5 Å². The zero-order valence-corrected chi connectivity index (χ0v) is 13.3. The molecule has 1 N–H and O–H groups in total. The summed E-state index contributed by atoms with van der Waals surface area (Å²) >= 11 is 0. The number of benzene rings is 2. The molecule has 5 nitrogen and oxygen atoms in total. The maximum absolute atomic E-state index is 14.2. The summed E-state index contributed by atoms with van der Waals surface area (Å²) in [6.45, 7) is 3.57. The van der Waals surface area contributed by atoms with Gasteiger partial charge in [0, 0.05) is 18.1 Å². The van der Waals surface area contributed by atoms with E-state index in [-0.39, 0.29) is 17.3 Å². The smallest absolute Gasteiger partial charge is 0.252 e. The molecule has 0 unspecified atom stereocenters. The average Bonchev–Trinajstić information content (AvgIpc) is 3.00. The molecular formula is C18H16FN3O2. The number of nitrogens with one attached hydrogen (secondary N) is 1. The van der Waals surface area contributed by atoms with Crippen molar-refractivity contribution in [2.24, 2.45) is 0 Å². The van der Waals surface area contributed by atoms with Crippen molar-refractivity contribution < 1.29 is 13.7 Å². The second kappa shape index (κ2) is 6.62. The van der Waals surface area contributed by atoms with Gasteiger partial charge in [-0.05, 0) is 25.1 Å². The van der Waals surface area contributed by atoms with Crippen LogP contribution in [-0.4, -0.2) is 16.0 Å². The predicted octanol–water partition coefficient (Wildman–Crippen LogP) is 3.34. The highest BCUT2D eigenvalue weighted by Crippen LogP contribution is 2.23. The van der Waals surface area contributed by atoms with Gasteiger partial charge in [0.2, 0.25) is 5.89 Å². The predicted molar refractivity (Wildman–Crippen MR) is 85.9 cm³/mol. The zero-order chi connectivity index (χ0) is 17.1. The van der Waals surface area contributed by atoms with Crippen LogP contribution < -0.4 is 5.32 Å². The second-order valence-corrected chi connectivity index (χ2v) is 5.47. The fourth-order valence-corrected chi connectivity index (χ4v) is 2.34. The van der Waals surface area contributed by atoms with Crippen molar-refractivity contribution in [2.45, 2.75) is 19.9 Å². The van der Waals surface area contributed by atoms with Crippen molar-refractivity contribution >= 4 is 5.91 Å². The highest BCUT2D eigenvalue weighted by molar-refractivity contribution is 5.94. The van der Waals surface area contributed by atoms with Crippen LogP contribution in [0.3, 0.4) is 0 Å². The molecule has 24 heavy (non-hydrogen) atoms. The molecule has 1 aromatic heterocycles. The van der Waals surface area contributed by atoms with Crippen LogP contribution >= 0.6 is 0 Å². The molecule has 0 spiro atoms. The van der Waals surface area contributed by atoms with Crippen molar-refractivity contribution in [3.63, 3.8) is 0 Å². The first-order valence-electron chi connectivity index (χ1n) is 7.47. The van der Waals surface area contributed by atoms with Gasteiger partial charge in [0.25, 0.3) is 5.91 Å². The molecular weight excluding hydrogens is 309 g/mol.